The molecule has 1 aromatic carbocycles. The number of carbonyl (C=O) groups is 1. The molecule has 0 spiro atoms. The molecule has 3 heteroatoms. The fraction of sp³-hybridized carbons (Fsp3) is 0.182. The lowest BCUT2D eigenvalue weighted by atomic mass is 10.1. The van der Waals surface area contributed by atoms with Crippen LogP contribution in [0.4, 0.5) is 0 Å². The number of hydrogen-bond donors (Lipinski definition) is 1. The first kappa shape index (κ1) is 10.3. The minimum absolute atomic E-state index is 0.409. The molecule has 0 saturated carbocycles. The summed E-state index contributed by atoms with van der Waals surface area (Å²) in [7, 11) is 1.52. The van der Waals surface area contributed by atoms with Gasteiger partial charge in [-0.3, -0.25) is 4.79 Å². The summed E-state index contributed by atoms with van der Waals surface area (Å²) in [5.74, 6) is 0.0627. The van der Waals surface area contributed by atoms with Gasteiger partial charge in [0.05, 0.1) is 12.7 Å². The molecular formula is C11H13NO2. The molecule has 3 nitrogen and oxygen atoms in total. The third-order valence-corrected chi connectivity index (χ3v) is 1.93. The Hall–Kier alpha value is -1.77. The molecule has 0 aliphatic heterocycles. The monoisotopic (exact) mass is 191 g/mol. The first-order valence-electron chi connectivity index (χ1n) is 4.27. The Balaban J connectivity index is 3.24. The second kappa shape index (κ2) is 4.46. The van der Waals surface area contributed by atoms with Crippen molar-refractivity contribution in [2.24, 2.45) is 5.73 Å². The molecule has 1 rings (SSSR count). The van der Waals surface area contributed by atoms with Crippen LogP contribution in [0.5, 0.6) is 5.75 Å². The summed E-state index contributed by atoms with van der Waals surface area (Å²) in [6.45, 7) is 3.63. The van der Waals surface area contributed by atoms with Crippen LogP contribution in [-0.2, 0) is 6.42 Å². The maximum atomic E-state index is 11.1. The number of primary amides is 1. The Morgan fingerprint density at radius 1 is 1.64 bits per heavy atom. The fourth-order valence-corrected chi connectivity index (χ4v) is 1.34. The second-order valence-electron chi connectivity index (χ2n) is 2.85. The molecule has 0 saturated heterocycles. The van der Waals surface area contributed by atoms with Crippen LogP contribution >= 0.6 is 0 Å². The third kappa shape index (κ3) is 1.93. The standard InChI is InChI=1S/C11H13NO2/c1-3-5-8-6-4-7-9(11(12)13)10(8)14-2/h3-4,6-7H,1,5H2,2H3,(H2,12,13). The summed E-state index contributed by atoms with van der Waals surface area (Å²) in [6, 6.07) is 5.31. The van der Waals surface area contributed by atoms with Gasteiger partial charge in [0, 0.05) is 0 Å². The topological polar surface area (TPSA) is 52.3 Å². The minimum atomic E-state index is -0.479. The molecule has 0 fully saturated rings. The van der Waals surface area contributed by atoms with Crippen molar-refractivity contribution in [3.63, 3.8) is 0 Å². The summed E-state index contributed by atoms with van der Waals surface area (Å²) in [5.41, 5.74) is 6.54. The van der Waals surface area contributed by atoms with E-state index < -0.39 is 5.91 Å². The highest BCUT2D eigenvalue weighted by Crippen LogP contribution is 2.23. The molecule has 1 amide bonds. The van der Waals surface area contributed by atoms with E-state index in [0.717, 1.165) is 5.56 Å². The molecule has 0 aliphatic rings. The Kier molecular flexibility index (Phi) is 3.29. The van der Waals surface area contributed by atoms with Gasteiger partial charge in [-0.25, -0.2) is 0 Å². The van der Waals surface area contributed by atoms with E-state index in [0.29, 0.717) is 17.7 Å². The van der Waals surface area contributed by atoms with Crippen LogP contribution in [0.15, 0.2) is 30.9 Å². The number of rotatable bonds is 4. The number of methoxy groups -OCH3 is 1. The van der Waals surface area contributed by atoms with Gasteiger partial charge in [0.2, 0.25) is 0 Å². The van der Waals surface area contributed by atoms with Gasteiger partial charge in [-0.05, 0) is 18.1 Å². The van der Waals surface area contributed by atoms with Crippen LogP contribution in [0, 0.1) is 0 Å². The molecule has 74 valence electrons. The lowest BCUT2D eigenvalue weighted by molar-refractivity contribution is 0.0997. The maximum Gasteiger partial charge on any atom is 0.252 e. The van der Waals surface area contributed by atoms with E-state index in [1.807, 2.05) is 6.07 Å². The van der Waals surface area contributed by atoms with Gasteiger partial charge in [0.1, 0.15) is 5.75 Å². The molecule has 0 unspecified atom stereocenters. The van der Waals surface area contributed by atoms with Gasteiger partial charge in [0.25, 0.3) is 5.91 Å². The molecule has 0 aliphatic carbocycles. The van der Waals surface area contributed by atoms with Gasteiger partial charge in [-0.15, -0.1) is 6.58 Å². The van der Waals surface area contributed by atoms with Gasteiger partial charge >= 0.3 is 0 Å². The van der Waals surface area contributed by atoms with E-state index >= 15 is 0 Å². The highest BCUT2D eigenvalue weighted by molar-refractivity contribution is 5.96. The zero-order valence-corrected chi connectivity index (χ0v) is 8.12. The normalized spacial score (nSPS) is 9.50. The largest absolute Gasteiger partial charge is 0.496 e. The number of para-hydroxylation sites is 1. The van der Waals surface area contributed by atoms with Crippen molar-refractivity contribution >= 4 is 5.91 Å². The highest BCUT2D eigenvalue weighted by atomic mass is 16.5. The number of hydrogen-bond acceptors (Lipinski definition) is 2. The van der Waals surface area contributed by atoms with Crippen LogP contribution in [0.2, 0.25) is 0 Å². The van der Waals surface area contributed by atoms with Crippen molar-refractivity contribution in [2.75, 3.05) is 7.11 Å². The molecule has 14 heavy (non-hydrogen) atoms. The lowest BCUT2D eigenvalue weighted by Crippen LogP contribution is -2.13. The van der Waals surface area contributed by atoms with E-state index in [1.54, 1.807) is 18.2 Å². The SMILES string of the molecule is C=CCc1cccc(C(N)=O)c1OC. The quantitative estimate of drug-likeness (QED) is 0.733. The van der Waals surface area contributed by atoms with Gasteiger partial charge in [0.15, 0.2) is 0 Å². The van der Waals surface area contributed by atoms with Crippen LogP contribution in [0.1, 0.15) is 15.9 Å². The van der Waals surface area contributed by atoms with E-state index in [1.165, 1.54) is 7.11 Å². The summed E-state index contributed by atoms with van der Waals surface area (Å²) in [6.07, 6.45) is 2.41. The summed E-state index contributed by atoms with van der Waals surface area (Å²) in [5, 5.41) is 0. The Morgan fingerprint density at radius 3 is 2.86 bits per heavy atom. The molecular weight excluding hydrogens is 178 g/mol. The Bertz CT molecular complexity index is 358. The van der Waals surface area contributed by atoms with Gasteiger partial charge in [-0.2, -0.15) is 0 Å². The van der Waals surface area contributed by atoms with Crippen molar-refractivity contribution in [3.8, 4) is 5.75 Å². The molecule has 0 radical (unpaired) electrons. The van der Waals surface area contributed by atoms with Crippen molar-refractivity contribution < 1.29 is 9.53 Å². The predicted molar refractivity (Wildman–Crippen MR) is 55.4 cm³/mol. The Morgan fingerprint density at radius 2 is 2.36 bits per heavy atom. The third-order valence-electron chi connectivity index (χ3n) is 1.93. The second-order valence-corrected chi connectivity index (χ2v) is 2.85. The maximum absolute atomic E-state index is 11.1. The van der Waals surface area contributed by atoms with E-state index in [4.69, 9.17) is 10.5 Å². The zero-order valence-electron chi connectivity index (χ0n) is 8.12. The average Bonchev–Trinajstić information content (AvgIpc) is 2.18. The van der Waals surface area contributed by atoms with Gasteiger partial charge in [-0.1, -0.05) is 18.2 Å². The smallest absolute Gasteiger partial charge is 0.252 e. The van der Waals surface area contributed by atoms with Crippen molar-refractivity contribution in [2.45, 2.75) is 6.42 Å². The number of ether oxygens (including phenoxy) is 1. The van der Waals surface area contributed by atoms with Crippen LogP contribution in [0.3, 0.4) is 0 Å². The number of benzene rings is 1. The van der Waals surface area contributed by atoms with E-state index in [2.05, 4.69) is 6.58 Å². The van der Waals surface area contributed by atoms with Crippen LogP contribution < -0.4 is 10.5 Å². The van der Waals surface area contributed by atoms with E-state index in [-0.39, 0.29) is 0 Å². The first-order chi connectivity index (χ1) is 6.70. The van der Waals surface area contributed by atoms with E-state index in [9.17, 15) is 4.79 Å². The lowest BCUT2D eigenvalue weighted by Gasteiger charge is -2.09. The van der Waals surface area contributed by atoms with Crippen LogP contribution in [0.25, 0.3) is 0 Å². The summed E-state index contributed by atoms with van der Waals surface area (Å²) < 4.78 is 5.14. The predicted octanol–water partition coefficient (Wildman–Crippen LogP) is 1.52. The van der Waals surface area contributed by atoms with Crippen molar-refractivity contribution in [1.29, 1.82) is 0 Å². The van der Waals surface area contributed by atoms with Gasteiger partial charge < -0.3 is 10.5 Å². The zero-order chi connectivity index (χ0) is 10.6. The van der Waals surface area contributed by atoms with Crippen molar-refractivity contribution in [3.05, 3.63) is 42.0 Å². The molecule has 0 bridgehead atoms. The number of carbonyl (C=O) groups excluding carboxylic acids is 1. The molecule has 0 atom stereocenters. The molecule has 0 heterocycles. The molecule has 0 aromatic heterocycles. The molecule has 2 N–H and O–H groups in total. The minimum Gasteiger partial charge on any atom is -0.496 e. The fourth-order valence-electron chi connectivity index (χ4n) is 1.34. The first-order valence-corrected chi connectivity index (χ1v) is 4.27. The number of amides is 1. The summed E-state index contributed by atoms with van der Waals surface area (Å²) >= 11 is 0. The number of nitrogens with two attached hydrogens (primary N) is 1. The van der Waals surface area contributed by atoms with Crippen LogP contribution in [-0.4, -0.2) is 13.0 Å². The molecule has 1 aromatic rings. The number of allylic oxidation sites excluding steroid dienone is 1. The highest BCUT2D eigenvalue weighted by Gasteiger charge is 2.11. The van der Waals surface area contributed by atoms with Crippen molar-refractivity contribution in [1.82, 2.24) is 0 Å². The Labute approximate surface area is 83.2 Å². The average molecular weight is 191 g/mol. The summed E-state index contributed by atoms with van der Waals surface area (Å²) in [4.78, 5) is 11.1.